The van der Waals surface area contributed by atoms with Gasteiger partial charge in [-0.05, 0) is 107 Å². The second-order valence-electron chi connectivity index (χ2n) is 11.6. The molecular formula is C31H34Br2ClN5O2. The molecule has 7 nitrogen and oxygen atoms in total. The molecule has 2 aliphatic heterocycles. The van der Waals surface area contributed by atoms with Gasteiger partial charge in [0.25, 0.3) is 0 Å². The lowest BCUT2D eigenvalue weighted by Gasteiger charge is -2.38. The van der Waals surface area contributed by atoms with Crippen LogP contribution in [-0.2, 0) is 29.0 Å². The first kappa shape index (κ1) is 28.9. The van der Waals surface area contributed by atoms with E-state index in [-0.39, 0.29) is 24.3 Å². The number of halogens is 3. The lowest BCUT2D eigenvalue weighted by molar-refractivity contribution is -0.135. The molecule has 2 amide bonds. The molecule has 3 aliphatic rings. The maximum atomic E-state index is 13.4. The Balaban J connectivity index is 1.08. The van der Waals surface area contributed by atoms with Crippen LogP contribution in [0.5, 0.6) is 0 Å². The van der Waals surface area contributed by atoms with Gasteiger partial charge in [0.2, 0.25) is 11.8 Å². The second-order valence-corrected chi connectivity index (χ2v) is 13.8. The number of aromatic nitrogens is 3. The summed E-state index contributed by atoms with van der Waals surface area (Å²) in [5, 5.41) is 4.89. The van der Waals surface area contributed by atoms with Crippen LogP contribution in [0.1, 0.15) is 60.4 Å². The summed E-state index contributed by atoms with van der Waals surface area (Å²) in [6.07, 6.45) is 11.5. The van der Waals surface area contributed by atoms with E-state index < -0.39 is 0 Å². The molecule has 1 aromatic carbocycles. The van der Waals surface area contributed by atoms with Crippen LogP contribution in [-0.4, -0.2) is 62.6 Å². The normalized spacial score (nSPS) is 19.9. The van der Waals surface area contributed by atoms with Gasteiger partial charge in [0.05, 0.1) is 5.69 Å². The monoisotopic (exact) mass is 701 g/mol. The molecule has 0 spiro atoms. The minimum Gasteiger partial charge on any atom is -0.343 e. The standard InChI is InChI=1S/C31H34Br2ClN5O2/c32-24-15-23-3-2-22-16-25(34)17-26(33)29(22)30(31(23)35-18-24)21-6-12-37(13-7-21)27(40)14-20-4-10-38(11-5-20)28(41)19-39-9-1-8-36-39/h1,8-9,15-18,20-21,30H,2-7,10-14,19H2/t30-/m1/s1. The molecule has 2 fully saturated rings. The van der Waals surface area contributed by atoms with Gasteiger partial charge in [-0.15, -0.1) is 0 Å². The Bertz CT molecular complexity index is 1420. The number of likely N-dealkylation sites (tertiary alicyclic amines) is 2. The van der Waals surface area contributed by atoms with Crippen LogP contribution in [0.4, 0.5) is 0 Å². The van der Waals surface area contributed by atoms with Gasteiger partial charge in [-0.1, -0.05) is 27.5 Å². The quantitative estimate of drug-likeness (QED) is 0.315. The molecule has 4 heterocycles. The Kier molecular flexibility index (Phi) is 8.84. The van der Waals surface area contributed by atoms with Crippen molar-refractivity contribution in [2.45, 2.75) is 57.4 Å². The van der Waals surface area contributed by atoms with Crippen molar-refractivity contribution in [1.82, 2.24) is 24.6 Å². The van der Waals surface area contributed by atoms with Gasteiger partial charge in [0.15, 0.2) is 0 Å². The SMILES string of the molecule is O=C(CC1CCN(C(=O)Cn2cccn2)CC1)N1CCC([C@H]2c3ncc(Br)cc3CCc3cc(Cl)cc(Br)c32)CC1. The summed E-state index contributed by atoms with van der Waals surface area (Å²) in [5.74, 6) is 1.24. The first-order valence-electron chi connectivity index (χ1n) is 14.5. The van der Waals surface area contributed by atoms with E-state index in [1.54, 1.807) is 10.9 Å². The van der Waals surface area contributed by atoms with E-state index in [4.69, 9.17) is 16.6 Å². The second kappa shape index (κ2) is 12.6. The van der Waals surface area contributed by atoms with Crippen molar-refractivity contribution in [3.63, 3.8) is 0 Å². The number of carbonyl (C=O) groups is 2. The zero-order valence-corrected chi connectivity index (χ0v) is 26.9. The van der Waals surface area contributed by atoms with E-state index in [0.717, 1.165) is 71.3 Å². The number of benzene rings is 1. The van der Waals surface area contributed by atoms with Crippen molar-refractivity contribution in [2.75, 3.05) is 26.2 Å². The van der Waals surface area contributed by atoms with Crippen molar-refractivity contribution < 1.29 is 9.59 Å². The summed E-state index contributed by atoms with van der Waals surface area (Å²) in [6, 6.07) is 8.16. The Labute approximate surface area is 262 Å². The molecule has 1 atom stereocenters. The zero-order chi connectivity index (χ0) is 28.5. The lowest BCUT2D eigenvalue weighted by Crippen LogP contribution is -2.43. The first-order chi connectivity index (χ1) is 19.9. The smallest absolute Gasteiger partial charge is 0.244 e. The van der Waals surface area contributed by atoms with Gasteiger partial charge in [0, 0.05) is 71.1 Å². The first-order valence-corrected chi connectivity index (χ1v) is 16.5. The summed E-state index contributed by atoms with van der Waals surface area (Å²) >= 11 is 13.9. The average molecular weight is 704 g/mol. The molecule has 2 saturated heterocycles. The minimum absolute atomic E-state index is 0.0953. The van der Waals surface area contributed by atoms with Gasteiger partial charge in [-0.25, -0.2) is 0 Å². The molecule has 2 aromatic heterocycles. The van der Waals surface area contributed by atoms with Crippen molar-refractivity contribution in [3.8, 4) is 0 Å². The number of hydrogen-bond donors (Lipinski definition) is 0. The summed E-state index contributed by atoms with van der Waals surface area (Å²) in [5.41, 5.74) is 5.04. The largest absolute Gasteiger partial charge is 0.343 e. The van der Waals surface area contributed by atoms with Crippen LogP contribution in [0, 0.1) is 11.8 Å². The molecule has 0 radical (unpaired) electrons. The molecule has 0 saturated carbocycles. The molecule has 0 N–H and O–H groups in total. The molecule has 1 aliphatic carbocycles. The third kappa shape index (κ3) is 6.42. The fraction of sp³-hybridized carbons (Fsp3) is 0.484. The van der Waals surface area contributed by atoms with Crippen LogP contribution in [0.3, 0.4) is 0 Å². The van der Waals surface area contributed by atoms with E-state index >= 15 is 0 Å². The highest BCUT2D eigenvalue weighted by Gasteiger charge is 2.37. The maximum Gasteiger partial charge on any atom is 0.244 e. The third-order valence-corrected chi connectivity index (χ3v) is 10.4. The van der Waals surface area contributed by atoms with Crippen molar-refractivity contribution >= 4 is 55.3 Å². The minimum atomic E-state index is 0.0953. The van der Waals surface area contributed by atoms with Gasteiger partial charge in [-0.2, -0.15) is 5.10 Å². The lowest BCUT2D eigenvalue weighted by atomic mass is 9.76. The molecule has 10 heteroatoms. The maximum absolute atomic E-state index is 13.4. The summed E-state index contributed by atoms with van der Waals surface area (Å²) < 4.78 is 3.72. The zero-order valence-electron chi connectivity index (χ0n) is 22.9. The van der Waals surface area contributed by atoms with Gasteiger partial charge < -0.3 is 9.80 Å². The number of nitrogens with zero attached hydrogens (tertiary/aromatic N) is 5. The van der Waals surface area contributed by atoms with Crippen LogP contribution in [0.2, 0.25) is 5.02 Å². The van der Waals surface area contributed by atoms with E-state index in [0.29, 0.717) is 31.3 Å². The van der Waals surface area contributed by atoms with Gasteiger partial charge in [-0.3, -0.25) is 19.3 Å². The van der Waals surface area contributed by atoms with Crippen LogP contribution in [0.25, 0.3) is 0 Å². The Morgan fingerprint density at radius 2 is 1.63 bits per heavy atom. The number of aryl methyl sites for hydroxylation is 2. The number of carbonyl (C=O) groups excluding carboxylic acids is 2. The molecule has 41 heavy (non-hydrogen) atoms. The molecule has 6 rings (SSSR count). The topological polar surface area (TPSA) is 71.3 Å². The van der Waals surface area contributed by atoms with E-state index in [1.807, 2.05) is 29.4 Å². The predicted octanol–water partition coefficient (Wildman–Crippen LogP) is 6.25. The van der Waals surface area contributed by atoms with E-state index in [1.165, 1.54) is 16.7 Å². The highest BCUT2D eigenvalue weighted by Crippen LogP contribution is 2.46. The molecular weight excluding hydrogens is 670 g/mol. The number of rotatable bonds is 5. The molecule has 216 valence electrons. The molecule has 3 aromatic rings. The molecule has 0 bridgehead atoms. The van der Waals surface area contributed by atoms with E-state index in [2.05, 4.69) is 54.0 Å². The average Bonchev–Trinajstić information content (AvgIpc) is 3.41. The molecule has 0 unspecified atom stereocenters. The highest BCUT2D eigenvalue weighted by atomic mass is 79.9. The van der Waals surface area contributed by atoms with Crippen LogP contribution < -0.4 is 0 Å². The Morgan fingerprint density at radius 3 is 2.37 bits per heavy atom. The van der Waals surface area contributed by atoms with Crippen LogP contribution in [0.15, 0.2) is 51.8 Å². The predicted molar refractivity (Wildman–Crippen MR) is 166 cm³/mol. The van der Waals surface area contributed by atoms with Crippen LogP contribution >= 0.6 is 43.5 Å². The highest BCUT2D eigenvalue weighted by molar-refractivity contribution is 9.10. The number of hydrogen-bond acceptors (Lipinski definition) is 4. The van der Waals surface area contributed by atoms with Crippen molar-refractivity contribution in [2.24, 2.45) is 11.8 Å². The number of piperidine rings is 2. The van der Waals surface area contributed by atoms with Gasteiger partial charge >= 0.3 is 0 Å². The van der Waals surface area contributed by atoms with E-state index in [9.17, 15) is 9.59 Å². The fourth-order valence-electron chi connectivity index (χ4n) is 6.91. The Hall–Kier alpha value is -2.23. The number of pyridine rings is 1. The third-order valence-electron chi connectivity index (χ3n) is 9.07. The number of amides is 2. The Morgan fingerprint density at radius 1 is 0.927 bits per heavy atom. The van der Waals surface area contributed by atoms with Crippen molar-refractivity contribution in [1.29, 1.82) is 0 Å². The summed E-state index contributed by atoms with van der Waals surface area (Å²) in [7, 11) is 0. The number of fused-ring (bicyclic) bond motifs is 2. The summed E-state index contributed by atoms with van der Waals surface area (Å²) in [6.45, 7) is 3.24. The van der Waals surface area contributed by atoms with Crippen molar-refractivity contribution in [3.05, 3.63) is 79.2 Å². The summed E-state index contributed by atoms with van der Waals surface area (Å²) in [4.78, 5) is 34.9. The van der Waals surface area contributed by atoms with Gasteiger partial charge in [0.1, 0.15) is 6.54 Å². The fourth-order valence-corrected chi connectivity index (χ4v) is 8.41.